The number of rotatable bonds is 5. The minimum absolute atomic E-state index is 0. The summed E-state index contributed by atoms with van der Waals surface area (Å²) in [5, 5.41) is 19.6. The van der Waals surface area contributed by atoms with Crippen molar-refractivity contribution in [2.75, 3.05) is 13.1 Å². The number of hydrogen-bond donors (Lipinski definition) is 4. The van der Waals surface area contributed by atoms with Crippen molar-refractivity contribution in [2.24, 2.45) is 0 Å². The van der Waals surface area contributed by atoms with Gasteiger partial charge in [-0.15, -0.1) is 0 Å². The second kappa shape index (κ2) is 13.9. The van der Waals surface area contributed by atoms with Crippen molar-refractivity contribution >= 4 is 11.9 Å². The quantitative estimate of drug-likeness (QED) is 0.562. The van der Waals surface area contributed by atoms with E-state index in [0.717, 1.165) is 0 Å². The van der Waals surface area contributed by atoms with Crippen LogP contribution in [-0.2, 0) is 9.59 Å². The molecule has 1 fully saturated rings. The Bertz CT molecular complexity index is 186. The number of nitrogens with one attached hydrogen (secondary N) is 1. The first-order valence-electron chi connectivity index (χ1n) is 6.27. The van der Waals surface area contributed by atoms with Gasteiger partial charge in [-0.2, -0.15) is 0 Å². The predicted octanol–water partition coefficient (Wildman–Crippen LogP) is 2.03. The SMILES string of the molecule is C1CCCNCC1.N.O=C(O)CCCCC(=O)O. The maximum atomic E-state index is 9.90. The van der Waals surface area contributed by atoms with Crippen molar-refractivity contribution in [1.29, 1.82) is 0 Å². The fourth-order valence-corrected chi connectivity index (χ4v) is 1.53. The largest absolute Gasteiger partial charge is 0.481 e. The van der Waals surface area contributed by atoms with Gasteiger partial charge in [0.2, 0.25) is 0 Å². The smallest absolute Gasteiger partial charge is 0.303 e. The van der Waals surface area contributed by atoms with E-state index in [1.54, 1.807) is 0 Å². The number of carboxylic acid groups (broad SMARTS) is 2. The zero-order chi connectivity index (χ0) is 12.9. The summed E-state index contributed by atoms with van der Waals surface area (Å²) in [7, 11) is 0. The molecule has 6 N–H and O–H groups in total. The molecule has 6 nitrogen and oxygen atoms in total. The summed E-state index contributed by atoms with van der Waals surface area (Å²) in [6, 6.07) is 0. The van der Waals surface area contributed by atoms with Gasteiger partial charge in [-0.3, -0.25) is 9.59 Å². The molecule has 0 aliphatic carbocycles. The molecule has 0 aromatic carbocycles. The highest BCUT2D eigenvalue weighted by Crippen LogP contribution is 2.00. The van der Waals surface area contributed by atoms with Crippen LogP contribution in [0.5, 0.6) is 0 Å². The van der Waals surface area contributed by atoms with E-state index < -0.39 is 11.9 Å². The lowest BCUT2D eigenvalue weighted by atomic mass is 10.2. The maximum Gasteiger partial charge on any atom is 0.303 e. The molecule has 1 rings (SSSR count). The number of aliphatic carboxylic acids is 2. The predicted molar refractivity (Wildman–Crippen MR) is 70.1 cm³/mol. The molecule has 1 heterocycles. The zero-order valence-corrected chi connectivity index (χ0v) is 11.0. The third-order valence-corrected chi connectivity index (χ3v) is 2.49. The van der Waals surface area contributed by atoms with Crippen molar-refractivity contribution in [3.05, 3.63) is 0 Å². The van der Waals surface area contributed by atoms with Gasteiger partial charge in [0.25, 0.3) is 0 Å². The maximum absolute atomic E-state index is 9.90. The second-order valence-corrected chi connectivity index (χ2v) is 4.16. The van der Waals surface area contributed by atoms with Crippen LogP contribution in [0.25, 0.3) is 0 Å². The Labute approximate surface area is 108 Å². The summed E-state index contributed by atoms with van der Waals surface area (Å²) in [4.78, 5) is 19.8. The Morgan fingerprint density at radius 3 is 1.56 bits per heavy atom. The van der Waals surface area contributed by atoms with Crippen LogP contribution in [-0.4, -0.2) is 35.2 Å². The highest BCUT2D eigenvalue weighted by atomic mass is 16.4. The molecule has 0 saturated carbocycles. The fourth-order valence-electron chi connectivity index (χ4n) is 1.53. The Kier molecular flexibility index (Phi) is 14.9. The number of carbonyl (C=O) groups is 2. The van der Waals surface area contributed by atoms with Crippen molar-refractivity contribution in [2.45, 2.75) is 51.4 Å². The molecule has 0 bridgehead atoms. The average molecular weight is 262 g/mol. The molecule has 108 valence electrons. The summed E-state index contributed by atoms with van der Waals surface area (Å²) < 4.78 is 0. The van der Waals surface area contributed by atoms with Gasteiger partial charge < -0.3 is 21.7 Å². The number of hydrogen-bond acceptors (Lipinski definition) is 4. The van der Waals surface area contributed by atoms with E-state index in [0.29, 0.717) is 12.8 Å². The average Bonchev–Trinajstić information content (AvgIpc) is 2.56. The van der Waals surface area contributed by atoms with Gasteiger partial charge in [0.15, 0.2) is 0 Å². The van der Waals surface area contributed by atoms with E-state index in [1.807, 2.05) is 0 Å². The standard InChI is InChI=1S/C6H13N.C6H10O4.H3N/c1-2-4-6-7-5-3-1;7-5(8)3-1-2-4-6(9)10;/h7H,1-6H2;1-4H2,(H,7,8)(H,9,10);1H3. The van der Waals surface area contributed by atoms with Crippen molar-refractivity contribution in [1.82, 2.24) is 11.5 Å². The van der Waals surface area contributed by atoms with E-state index in [1.165, 1.54) is 38.8 Å². The van der Waals surface area contributed by atoms with Crippen LogP contribution in [0.3, 0.4) is 0 Å². The topological polar surface area (TPSA) is 122 Å². The molecule has 0 aromatic heterocycles. The Morgan fingerprint density at radius 2 is 1.22 bits per heavy atom. The summed E-state index contributed by atoms with van der Waals surface area (Å²) in [6.07, 6.45) is 6.67. The highest BCUT2D eigenvalue weighted by Gasteiger charge is 1.99. The van der Waals surface area contributed by atoms with E-state index in [2.05, 4.69) is 5.32 Å². The first-order valence-corrected chi connectivity index (χ1v) is 6.27. The lowest BCUT2D eigenvalue weighted by Crippen LogP contribution is -2.12. The van der Waals surface area contributed by atoms with Crippen LogP contribution < -0.4 is 11.5 Å². The van der Waals surface area contributed by atoms with Crippen LogP contribution in [0.15, 0.2) is 0 Å². The van der Waals surface area contributed by atoms with Crippen molar-refractivity contribution < 1.29 is 19.8 Å². The molecule has 0 radical (unpaired) electrons. The number of unbranched alkanes of at least 4 members (excludes halogenated alkanes) is 1. The van der Waals surface area contributed by atoms with E-state index in [4.69, 9.17) is 10.2 Å². The lowest BCUT2D eigenvalue weighted by molar-refractivity contribution is -0.139. The van der Waals surface area contributed by atoms with Gasteiger partial charge in [0.05, 0.1) is 0 Å². The summed E-state index contributed by atoms with van der Waals surface area (Å²) >= 11 is 0. The molecule has 0 aromatic rings. The highest BCUT2D eigenvalue weighted by molar-refractivity contribution is 5.67. The Morgan fingerprint density at radius 1 is 0.833 bits per heavy atom. The molecule has 0 unspecified atom stereocenters. The minimum atomic E-state index is -0.870. The van der Waals surface area contributed by atoms with Crippen LogP contribution in [0.4, 0.5) is 0 Å². The van der Waals surface area contributed by atoms with Crippen LogP contribution in [0, 0.1) is 0 Å². The van der Waals surface area contributed by atoms with Gasteiger partial charge in [0, 0.05) is 12.8 Å². The van der Waals surface area contributed by atoms with Crippen LogP contribution in [0.2, 0.25) is 0 Å². The van der Waals surface area contributed by atoms with Gasteiger partial charge >= 0.3 is 11.9 Å². The van der Waals surface area contributed by atoms with Crippen LogP contribution in [0.1, 0.15) is 51.4 Å². The molecular weight excluding hydrogens is 236 g/mol. The molecule has 0 atom stereocenters. The molecule has 6 heteroatoms. The van der Waals surface area contributed by atoms with Gasteiger partial charge in [-0.1, -0.05) is 12.8 Å². The Balaban J connectivity index is 0. The minimum Gasteiger partial charge on any atom is -0.481 e. The van der Waals surface area contributed by atoms with Crippen molar-refractivity contribution in [3.63, 3.8) is 0 Å². The molecule has 1 aliphatic heterocycles. The summed E-state index contributed by atoms with van der Waals surface area (Å²) in [5.74, 6) is -1.74. The van der Waals surface area contributed by atoms with Crippen LogP contribution >= 0.6 is 0 Å². The summed E-state index contributed by atoms with van der Waals surface area (Å²) in [6.45, 7) is 2.50. The Hall–Kier alpha value is -1.14. The third kappa shape index (κ3) is 17.3. The molecular formula is C12H26N2O4. The molecule has 0 spiro atoms. The monoisotopic (exact) mass is 262 g/mol. The van der Waals surface area contributed by atoms with Gasteiger partial charge in [-0.25, -0.2) is 0 Å². The molecule has 1 saturated heterocycles. The van der Waals surface area contributed by atoms with E-state index in [-0.39, 0.29) is 19.0 Å². The number of carboxylic acids is 2. The second-order valence-electron chi connectivity index (χ2n) is 4.16. The summed E-state index contributed by atoms with van der Waals surface area (Å²) in [5.41, 5.74) is 0. The zero-order valence-electron chi connectivity index (χ0n) is 11.0. The third-order valence-electron chi connectivity index (χ3n) is 2.49. The van der Waals surface area contributed by atoms with Crippen molar-refractivity contribution in [3.8, 4) is 0 Å². The van der Waals surface area contributed by atoms with Gasteiger partial charge in [0.1, 0.15) is 0 Å². The normalized spacial score (nSPS) is 14.4. The first kappa shape index (κ1) is 19.2. The molecule has 1 aliphatic rings. The molecule has 18 heavy (non-hydrogen) atoms. The fraction of sp³-hybridized carbons (Fsp3) is 0.833. The van der Waals surface area contributed by atoms with E-state index >= 15 is 0 Å². The van der Waals surface area contributed by atoms with Gasteiger partial charge in [-0.05, 0) is 38.8 Å². The lowest BCUT2D eigenvalue weighted by Gasteiger charge is -1.92. The first-order chi connectivity index (χ1) is 8.13. The van der Waals surface area contributed by atoms with E-state index in [9.17, 15) is 9.59 Å². The molecule has 0 amide bonds.